The third-order valence-electron chi connectivity index (χ3n) is 5.13. The van der Waals surface area contributed by atoms with E-state index in [0.29, 0.717) is 23.8 Å². The molecule has 0 radical (unpaired) electrons. The number of morpholine rings is 2. The predicted octanol–water partition coefficient (Wildman–Crippen LogP) is 4.32. The van der Waals surface area contributed by atoms with E-state index in [0.717, 1.165) is 14.5 Å². The number of rotatable bonds is 4. The molecule has 2 aliphatic rings. The molecule has 172 valence electrons. The van der Waals surface area contributed by atoms with Crippen LogP contribution in [-0.2, 0) is 25.3 Å². The van der Waals surface area contributed by atoms with E-state index in [9.17, 15) is 13.6 Å². The van der Waals surface area contributed by atoms with Gasteiger partial charge in [-0.2, -0.15) is 0 Å². The largest absolute Gasteiger partial charge is 0.371 e. The highest BCUT2D eigenvalue weighted by molar-refractivity contribution is 9.10. The number of amides is 1. The maximum absolute atomic E-state index is 13.3. The number of thiocarbonyl (C=S) groups is 1. The summed E-state index contributed by atoms with van der Waals surface area (Å²) in [5.41, 5.74) is -0.332. The molecule has 2 atom stereocenters. The van der Waals surface area contributed by atoms with Gasteiger partial charge >= 0.3 is 0 Å². The average molecular weight is 592 g/mol. The van der Waals surface area contributed by atoms with Crippen molar-refractivity contribution in [3.63, 3.8) is 0 Å². The van der Waals surface area contributed by atoms with Crippen LogP contribution in [0.4, 0.5) is 8.78 Å². The van der Waals surface area contributed by atoms with Crippen LogP contribution in [0.2, 0.25) is 0 Å². The number of benzene rings is 2. The Morgan fingerprint density at radius 3 is 1.81 bits per heavy atom. The van der Waals surface area contributed by atoms with Crippen LogP contribution in [-0.4, -0.2) is 50.7 Å². The van der Waals surface area contributed by atoms with Gasteiger partial charge in [-0.05, 0) is 35.4 Å². The Hall–Kier alpha value is -1.46. The molecule has 32 heavy (non-hydrogen) atoms. The van der Waals surface area contributed by atoms with Gasteiger partial charge in [0, 0.05) is 8.95 Å². The minimum atomic E-state index is -1.04. The summed E-state index contributed by atoms with van der Waals surface area (Å²) in [5, 5.41) is 5.70. The number of carbonyl (C=O) groups excluding carboxylic acids is 1. The normalized spacial score (nSPS) is 25.2. The van der Waals surface area contributed by atoms with Crippen molar-refractivity contribution in [3.8, 4) is 0 Å². The predicted molar refractivity (Wildman–Crippen MR) is 129 cm³/mol. The Bertz CT molecular complexity index is 906. The van der Waals surface area contributed by atoms with E-state index < -0.39 is 24.4 Å². The number of ether oxygens (including phenoxy) is 2. The van der Waals surface area contributed by atoms with Gasteiger partial charge in [0.15, 0.2) is 0 Å². The molecule has 4 rings (SSSR count). The summed E-state index contributed by atoms with van der Waals surface area (Å²) in [6.45, 7) is -0.425. The molecule has 2 fully saturated rings. The van der Waals surface area contributed by atoms with Crippen molar-refractivity contribution in [1.29, 1.82) is 0 Å². The smallest absolute Gasteiger partial charge is 0.246 e. The Labute approximate surface area is 207 Å². The van der Waals surface area contributed by atoms with E-state index in [1.165, 1.54) is 0 Å². The van der Waals surface area contributed by atoms with Crippen LogP contribution in [0.25, 0.3) is 0 Å². The molecule has 2 aliphatic heterocycles. The molecule has 2 aromatic carbocycles. The van der Waals surface area contributed by atoms with Crippen LogP contribution in [0.1, 0.15) is 11.1 Å². The van der Waals surface area contributed by atoms with Crippen LogP contribution in [0.15, 0.2) is 57.5 Å². The highest BCUT2D eigenvalue weighted by Gasteiger charge is 2.38. The van der Waals surface area contributed by atoms with E-state index in [1.807, 2.05) is 30.3 Å². The number of nitrogens with one attached hydrogen (secondary N) is 2. The third kappa shape index (κ3) is 5.91. The van der Waals surface area contributed by atoms with Crippen LogP contribution < -0.4 is 10.6 Å². The number of hydrogen-bond acceptors (Lipinski definition) is 4. The minimum Gasteiger partial charge on any atom is -0.371 e. The van der Waals surface area contributed by atoms with E-state index in [1.54, 1.807) is 18.2 Å². The fourth-order valence-corrected chi connectivity index (χ4v) is 4.57. The third-order valence-corrected chi connectivity index (χ3v) is 6.34. The Balaban J connectivity index is 0.000000181. The zero-order chi connectivity index (χ0) is 23.2. The molecule has 2 heterocycles. The highest BCUT2D eigenvalue weighted by Crippen LogP contribution is 2.28. The topological polar surface area (TPSA) is 59.6 Å². The molecule has 2 aromatic rings. The molecule has 0 aromatic heterocycles. The molecule has 0 spiro atoms. The van der Waals surface area contributed by atoms with Crippen LogP contribution in [0.5, 0.6) is 0 Å². The van der Waals surface area contributed by atoms with Crippen LogP contribution in [0.3, 0.4) is 0 Å². The number of carbonyl (C=O) groups is 1. The average Bonchev–Trinajstić information content (AvgIpc) is 2.79. The number of hydrogen-bond donors (Lipinski definition) is 2. The summed E-state index contributed by atoms with van der Waals surface area (Å²) in [4.78, 5) is 11.8. The van der Waals surface area contributed by atoms with Crippen molar-refractivity contribution in [3.05, 3.63) is 68.6 Å². The van der Waals surface area contributed by atoms with Gasteiger partial charge in [-0.15, -0.1) is 0 Å². The summed E-state index contributed by atoms with van der Waals surface area (Å²) in [5.74, 6) is -0.288. The maximum Gasteiger partial charge on any atom is 0.246 e. The molecule has 2 saturated heterocycles. The van der Waals surface area contributed by atoms with Crippen LogP contribution in [0, 0.1) is 0 Å². The lowest BCUT2D eigenvalue weighted by molar-refractivity contribution is -0.136. The summed E-state index contributed by atoms with van der Waals surface area (Å²) >= 11 is 11.7. The van der Waals surface area contributed by atoms with E-state index in [-0.39, 0.29) is 19.1 Å². The Morgan fingerprint density at radius 2 is 1.38 bits per heavy atom. The summed E-state index contributed by atoms with van der Waals surface area (Å²) in [6.07, 6.45) is 0. The van der Waals surface area contributed by atoms with Crippen molar-refractivity contribution >= 4 is 55.0 Å². The molecule has 0 aliphatic carbocycles. The van der Waals surface area contributed by atoms with Gasteiger partial charge < -0.3 is 20.1 Å². The molecule has 1 amide bonds. The van der Waals surface area contributed by atoms with E-state index >= 15 is 0 Å². The lowest BCUT2D eigenvalue weighted by atomic mass is 9.91. The highest BCUT2D eigenvalue weighted by atomic mass is 79.9. The van der Waals surface area contributed by atoms with Gasteiger partial charge in [-0.25, -0.2) is 8.78 Å². The fraction of sp³-hybridized carbons (Fsp3) is 0.364. The lowest BCUT2D eigenvalue weighted by Gasteiger charge is -2.37. The fourth-order valence-electron chi connectivity index (χ4n) is 3.50. The SMILES string of the molecule is FCC1(c2cccc(Br)c2)COCC(=S)N1.O=C1COCC(CF)(c2cccc(Br)c2)N1. The molecule has 2 unspecified atom stereocenters. The molecule has 0 bridgehead atoms. The van der Waals surface area contributed by atoms with Crippen molar-refractivity contribution in [2.45, 2.75) is 11.1 Å². The second kappa shape index (κ2) is 11.1. The molecule has 2 N–H and O–H groups in total. The van der Waals surface area contributed by atoms with E-state index in [2.05, 4.69) is 42.5 Å². The molecule has 10 heteroatoms. The van der Waals surface area contributed by atoms with Gasteiger partial charge in [0.05, 0.1) is 19.8 Å². The van der Waals surface area contributed by atoms with Gasteiger partial charge in [0.2, 0.25) is 5.91 Å². The summed E-state index contributed by atoms with van der Waals surface area (Å²) in [6, 6.07) is 14.7. The zero-order valence-corrected chi connectivity index (χ0v) is 21.0. The first kappa shape index (κ1) is 25.2. The van der Waals surface area contributed by atoms with Crippen LogP contribution >= 0.6 is 44.1 Å². The number of alkyl halides is 2. The van der Waals surface area contributed by atoms with Gasteiger partial charge in [0.1, 0.15) is 36.0 Å². The second-order valence-electron chi connectivity index (χ2n) is 7.53. The standard InChI is InChI=1S/C11H11BrFNO2.C11H11BrFNOS/c12-9-3-1-2-8(4-9)11(6-13)7-16-5-10(15)14-11;12-9-3-1-2-8(4-9)11(6-13)7-15-5-10(16)14-11/h1-4H,5-7H2,(H,14,15);1-4H,5-7H2,(H,14,16). The summed E-state index contributed by atoms with van der Waals surface area (Å²) < 4.78 is 38.7. The second-order valence-corrected chi connectivity index (χ2v) is 9.86. The van der Waals surface area contributed by atoms with E-state index in [4.69, 9.17) is 21.7 Å². The summed E-state index contributed by atoms with van der Waals surface area (Å²) in [7, 11) is 0. The Kier molecular flexibility index (Phi) is 8.74. The molecular formula is C22H22Br2F2N2O3S. The van der Waals surface area contributed by atoms with Gasteiger partial charge in [0.25, 0.3) is 0 Å². The monoisotopic (exact) mass is 590 g/mol. The van der Waals surface area contributed by atoms with Crippen molar-refractivity contribution in [2.75, 3.05) is 39.8 Å². The first-order valence-corrected chi connectivity index (χ1v) is 11.7. The van der Waals surface area contributed by atoms with Crippen molar-refractivity contribution in [2.24, 2.45) is 0 Å². The van der Waals surface area contributed by atoms with Crippen molar-refractivity contribution in [1.82, 2.24) is 10.6 Å². The Morgan fingerprint density at radius 1 is 0.875 bits per heavy atom. The first-order chi connectivity index (χ1) is 15.3. The first-order valence-electron chi connectivity index (χ1n) is 9.74. The van der Waals surface area contributed by atoms with Gasteiger partial charge in [-0.1, -0.05) is 68.3 Å². The number of halogens is 4. The van der Waals surface area contributed by atoms with Crippen molar-refractivity contribution < 1.29 is 23.0 Å². The quantitative estimate of drug-likeness (QED) is 0.519. The molecule has 0 saturated carbocycles. The van der Waals surface area contributed by atoms with Gasteiger partial charge in [-0.3, -0.25) is 4.79 Å². The minimum absolute atomic E-state index is 0.00421. The molecule has 5 nitrogen and oxygen atoms in total. The maximum atomic E-state index is 13.3. The zero-order valence-electron chi connectivity index (χ0n) is 17.0. The molecular weight excluding hydrogens is 570 g/mol. The lowest BCUT2D eigenvalue weighted by Crippen LogP contribution is -2.56.